The Morgan fingerprint density at radius 2 is 1.82 bits per heavy atom. The number of ketones is 1. The molecule has 0 saturated heterocycles. The first-order chi connectivity index (χ1) is 10.3. The van der Waals surface area contributed by atoms with E-state index in [0.29, 0.717) is 6.54 Å². The quantitative estimate of drug-likeness (QED) is 0.793. The van der Waals surface area contributed by atoms with Crippen LogP contribution in [0.1, 0.15) is 61.0 Å². The Balaban J connectivity index is 1.86. The third-order valence-electron chi connectivity index (χ3n) is 3.99. The summed E-state index contributed by atoms with van der Waals surface area (Å²) in [5.41, 5.74) is 8.77. The molecule has 0 aliphatic heterocycles. The summed E-state index contributed by atoms with van der Waals surface area (Å²) in [7, 11) is 0. The maximum absolute atomic E-state index is 12.2. The first kappa shape index (κ1) is 16.7. The van der Waals surface area contributed by atoms with Crippen molar-refractivity contribution in [2.75, 3.05) is 6.54 Å². The second-order valence-electron chi connectivity index (χ2n) is 6.88. The summed E-state index contributed by atoms with van der Waals surface area (Å²) in [6, 6.07) is 5.98. The van der Waals surface area contributed by atoms with Crippen molar-refractivity contribution in [2.24, 2.45) is 5.73 Å². The van der Waals surface area contributed by atoms with E-state index in [2.05, 4.69) is 11.4 Å². The highest BCUT2D eigenvalue weighted by molar-refractivity contribution is 5.98. The number of fused-ring (bicyclic) bond motifs is 1. The van der Waals surface area contributed by atoms with Gasteiger partial charge in [0.05, 0.1) is 0 Å². The Morgan fingerprint density at radius 1 is 1.14 bits per heavy atom. The lowest BCUT2D eigenvalue weighted by atomic mass is 9.89. The van der Waals surface area contributed by atoms with Crippen LogP contribution in [0.2, 0.25) is 0 Å². The van der Waals surface area contributed by atoms with Gasteiger partial charge in [0, 0.05) is 30.5 Å². The molecule has 0 radical (unpaired) electrons. The summed E-state index contributed by atoms with van der Waals surface area (Å²) in [6.45, 7) is 4.12. The number of amides is 1. The number of rotatable bonds is 6. The van der Waals surface area contributed by atoms with Crippen molar-refractivity contribution in [3.05, 3.63) is 34.9 Å². The molecule has 4 heteroatoms. The Morgan fingerprint density at radius 3 is 2.50 bits per heavy atom. The number of carbonyl (C=O) groups is 2. The summed E-state index contributed by atoms with van der Waals surface area (Å²) >= 11 is 0. The lowest BCUT2D eigenvalue weighted by Crippen LogP contribution is -2.45. The minimum atomic E-state index is -0.432. The third kappa shape index (κ3) is 4.95. The van der Waals surface area contributed by atoms with Gasteiger partial charge in [-0.2, -0.15) is 0 Å². The molecule has 1 aromatic rings. The second kappa shape index (κ2) is 7.05. The molecule has 0 heterocycles. The van der Waals surface area contributed by atoms with Gasteiger partial charge in [0.1, 0.15) is 0 Å². The Kier molecular flexibility index (Phi) is 5.35. The fourth-order valence-corrected chi connectivity index (χ4v) is 2.69. The summed E-state index contributed by atoms with van der Waals surface area (Å²) in [5.74, 6) is -0.0830. The van der Waals surface area contributed by atoms with E-state index in [4.69, 9.17) is 5.73 Å². The number of nitrogens with one attached hydrogen (secondary N) is 1. The summed E-state index contributed by atoms with van der Waals surface area (Å²) in [4.78, 5) is 24.0. The van der Waals surface area contributed by atoms with E-state index in [9.17, 15) is 9.59 Å². The van der Waals surface area contributed by atoms with Gasteiger partial charge in [0.25, 0.3) is 0 Å². The van der Waals surface area contributed by atoms with Crippen LogP contribution in [0, 0.1) is 0 Å². The topological polar surface area (TPSA) is 72.2 Å². The lowest BCUT2D eigenvalue weighted by Gasteiger charge is -2.18. The van der Waals surface area contributed by atoms with Gasteiger partial charge in [0.2, 0.25) is 5.91 Å². The van der Waals surface area contributed by atoms with E-state index >= 15 is 0 Å². The number of aryl methyl sites for hydroxylation is 2. The molecule has 22 heavy (non-hydrogen) atoms. The van der Waals surface area contributed by atoms with Crippen molar-refractivity contribution in [3.8, 4) is 0 Å². The van der Waals surface area contributed by atoms with E-state index in [-0.39, 0.29) is 24.5 Å². The van der Waals surface area contributed by atoms with Crippen LogP contribution in [0.25, 0.3) is 0 Å². The van der Waals surface area contributed by atoms with Crippen molar-refractivity contribution < 1.29 is 9.59 Å². The minimum Gasteiger partial charge on any atom is -0.354 e. The highest BCUT2D eigenvalue weighted by atomic mass is 16.2. The van der Waals surface area contributed by atoms with Crippen molar-refractivity contribution in [1.82, 2.24) is 5.32 Å². The molecule has 0 bridgehead atoms. The lowest BCUT2D eigenvalue weighted by molar-refractivity contribution is -0.121. The SMILES string of the molecule is CC(C)(N)CNC(=O)CCC(=O)c1ccc2c(c1)CCCC2. The molecule has 0 fully saturated rings. The van der Waals surface area contributed by atoms with Crippen LogP contribution in [0.4, 0.5) is 0 Å². The van der Waals surface area contributed by atoms with Gasteiger partial charge in [0.15, 0.2) is 5.78 Å². The van der Waals surface area contributed by atoms with Gasteiger partial charge < -0.3 is 11.1 Å². The molecule has 0 saturated carbocycles. The standard InChI is InChI=1S/C18H26N2O2/c1-18(2,19)12-20-17(22)10-9-16(21)15-8-7-13-5-3-4-6-14(13)11-15/h7-8,11H,3-6,9-10,12,19H2,1-2H3,(H,20,22). The Bertz CT molecular complexity index is 559. The van der Waals surface area contributed by atoms with Crippen molar-refractivity contribution in [3.63, 3.8) is 0 Å². The average molecular weight is 302 g/mol. The highest BCUT2D eigenvalue weighted by Gasteiger charge is 2.15. The van der Waals surface area contributed by atoms with E-state index in [0.717, 1.165) is 18.4 Å². The molecular formula is C18H26N2O2. The minimum absolute atomic E-state index is 0.0375. The van der Waals surface area contributed by atoms with Crippen LogP contribution in [0.3, 0.4) is 0 Å². The second-order valence-corrected chi connectivity index (χ2v) is 6.88. The van der Waals surface area contributed by atoms with E-state index in [1.165, 1.54) is 24.0 Å². The predicted octanol–water partition coefficient (Wildman–Crippen LogP) is 2.38. The molecule has 0 atom stereocenters. The van der Waals surface area contributed by atoms with Crippen LogP contribution in [0.5, 0.6) is 0 Å². The summed E-state index contributed by atoms with van der Waals surface area (Å²) < 4.78 is 0. The summed E-state index contributed by atoms with van der Waals surface area (Å²) in [5, 5.41) is 2.76. The molecule has 0 spiro atoms. The molecule has 4 nitrogen and oxygen atoms in total. The van der Waals surface area contributed by atoms with E-state index in [1.807, 2.05) is 26.0 Å². The Hall–Kier alpha value is -1.68. The fourth-order valence-electron chi connectivity index (χ4n) is 2.69. The van der Waals surface area contributed by atoms with Gasteiger partial charge in [-0.15, -0.1) is 0 Å². The number of carbonyl (C=O) groups excluding carboxylic acids is 2. The van der Waals surface area contributed by atoms with Crippen LogP contribution in [-0.4, -0.2) is 23.8 Å². The summed E-state index contributed by atoms with van der Waals surface area (Å²) in [6.07, 6.45) is 5.06. The molecular weight excluding hydrogens is 276 g/mol. The van der Waals surface area contributed by atoms with E-state index < -0.39 is 5.54 Å². The first-order valence-electron chi connectivity index (χ1n) is 8.06. The maximum Gasteiger partial charge on any atom is 0.220 e. The molecule has 2 rings (SSSR count). The maximum atomic E-state index is 12.2. The fraction of sp³-hybridized carbons (Fsp3) is 0.556. The highest BCUT2D eigenvalue weighted by Crippen LogP contribution is 2.22. The molecule has 0 unspecified atom stereocenters. The first-order valence-corrected chi connectivity index (χ1v) is 8.06. The van der Waals surface area contributed by atoms with Crippen molar-refractivity contribution in [1.29, 1.82) is 0 Å². The number of hydrogen-bond donors (Lipinski definition) is 2. The number of hydrogen-bond acceptors (Lipinski definition) is 3. The van der Waals surface area contributed by atoms with Gasteiger partial charge in [-0.25, -0.2) is 0 Å². The monoisotopic (exact) mass is 302 g/mol. The zero-order chi connectivity index (χ0) is 16.2. The van der Waals surface area contributed by atoms with Gasteiger partial charge in [-0.1, -0.05) is 12.1 Å². The largest absolute Gasteiger partial charge is 0.354 e. The van der Waals surface area contributed by atoms with Crippen LogP contribution >= 0.6 is 0 Å². The normalized spacial score (nSPS) is 14.3. The zero-order valence-electron chi connectivity index (χ0n) is 13.6. The number of benzene rings is 1. The Labute approximate surface area is 132 Å². The van der Waals surface area contributed by atoms with Gasteiger partial charge in [-0.3, -0.25) is 9.59 Å². The molecule has 1 aromatic carbocycles. The van der Waals surface area contributed by atoms with Crippen LogP contribution < -0.4 is 11.1 Å². The molecule has 120 valence electrons. The number of nitrogens with two attached hydrogens (primary N) is 1. The number of Topliss-reactive ketones (excluding diaryl/α,β-unsaturated/α-hetero) is 1. The third-order valence-corrected chi connectivity index (χ3v) is 3.99. The van der Waals surface area contributed by atoms with Crippen LogP contribution in [-0.2, 0) is 17.6 Å². The molecule has 1 aliphatic carbocycles. The molecule has 1 amide bonds. The van der Waals surface area contributed by atoms with Crippen molar-refractivity contribution >= 4 is 11.7 Å². The van der Waals surface area contributed by atoms with Gasteiger partial charge in [-0.05, 0) is 56.7 Å². The van der Waals surface area contributed by atoms with Crippen LogP contribution in [0.15, 0.2) is 18.2 Å². The average Bonchev–Trinajstić information content (AvgIpc) is 2.49. The zero-order valence-corrected chi connectivity index (χ0v) is 13.6. The predicted molar refractivity (Wildman–Crippen MR) is 87.9 cm³/mol. The van der Waals surface area contributed by atoms with Gasteiger partial charge >= 0.3 is 0 Å². The van der Waals surface area contributed by atoms with E-state index in [1.54, 1.807) is 0 Å². The molecule has 1 aliphatic rings. The molecule has 0 aromatic heterocycles. The smallest absolute Gasteiger partial charge is 0.220 e. The molecule has 3 N–H and O–H groups in total. The van der Waals surface area contributed by atoms with Crippen molar-refractivity contribution in [2.45, 2.75) is 57.9 Å².